The third kappa shape index (κ3) is 4.44. The summed E-state index contributed by atoms with van der Waals surface area (Å²) < 4.78 is 10.0. The molecule has 4 heteroatoms. The van der Waals surface area contributed by atoms with Crippen LogP contribution in [0.3, 0.4) is 0 Å². The summed E-state index contributed by atoms with van der Waals surface area (Å²) in [6.07, 6.45) is 0.255. The van der Waals surface area contributed by atoms with E-state index in [1.165, 1.54) is 0 Å². The number of hydrogen-bond acceptors (Lipinski definition) is 4. The molecule has 0 saturated carbocycles. The molecular formula is C13H18O4. The van der Waals surface area contributed by atoms with Crippen LogP contribution < -0.4 is 0 Å². The second-order valence-corrected chi connectivity index (χ2v) is 3.76. The van der Waals surface area contributed by atoms with Gasteiger partial charge in [-0.05, 0) is 24.6 Å². The Labute approximate surface area is 101 Å². The van der Waals surface area contributed by atoms with Crippen LogP contribution in [0.25, 0.3) is 0 Å². The largest absolute Gasteiger partial charge is 0.508 e. The number of esters is 1. The zero-order valence-corrected chi connectivity index (χ0v) is 10.2. The van der Waals surface area contributed by atoms with Crippen molar-refractivity contribution in [1.29, 1.82) is 0 Å². The summed E-state index contributed by atoms with van der Waals surface area (Å²) in [5, 5.41) is 9.41. The number of aromatic hydroxyl groups is 1. The SMILES string of the molecule is CCOC(=O)C[C@H](COC)c1cccc(O)c1. The molecule has 4 nitrogen and oxygen atoms in total. The summed E-state index contributed by atoms with van der Waals surface area (Å²) in [6, 6.07) is 6.85. The lowest BCUT2D eigenvalue weighted by Crippen LogP contribution is -2.14. The van der Waals surface area contributed by atoms with Gasteiger partial charge in [-0.2, -0.15) is 0 Å². The summed E-state index contributed by atoms with van der Waals surface area (Å²) in [5.41, 5.74) is 0.875. The fourth-order valence-electron chi connectivity index (χ4n) is 1.67. The first-order valence-corrected chi connectivity index (χ1v) is 5.60. The lowest BCUT2D eigenvalue weighted by atomic mass is 9.96. The van der Waals surface area contributed by atoms with Gasteiger partial charge in [-0.15, -0.1) is 0 Å². The van der Waals surface area contributed by atoms with Crippen molar-refractivity contribution < 1.29 is 19.4 Å². The van der Waals surface area contributed by atoms with E-state index in [1.807, 2.05) is 6.07 Å². The molecule has 1 rings (SSSR count). The predicted octanol–water partition coefficient (Wildman–Crippen LogP) is 2.08. The fraction of sp³-hybridized carbons (Fsp3) is 0.462. The molecule has 0 fully saturated rings. The number of methoxy groups -OCH3 is 1. The Hall–Kier alpha value is -1.55. The predicted molar refractivity (Wildman–Crippen MR) is 64.0 cm³/mol. The van der Waals surface area contributed by atoms with Crippen LogP contribution in [0.15, 0.2) is 24.3 Å². The molecule has 0 aliphatic rings. The van der Waals surface area contributed by atoms with Gasteiger partial charge in [0.15, 0.2) is 0 Å². The topological polar surface area (TPSA) is 55.8 Å². The van der Waals surface area contributed by atoms with Gasteiger partial charge in [0.05, 0.1) is 19.6 Å². The molecule has 0 bridgehead atoms. The molecule has 0 aliphatic heterocycles. The van der Waals surface area contributed by atoms with Crippen molar-refractivity contribution in [3.05, 3.63) is 29.8 Å². The lowest BCUT2D eigenvalue weighted by molar-refractivity contribution is -0.143. The molecular weight excluding hydrogens is 220 g/mol. The second-order valence-electron chi connectivity index (χ2n) is 3.76. The molecule has 17 heavy (non-hydrogen) atoms. The summed E-state index contributed by atoms with van der Waals surface area (Å²) >= 11 is 0. The highest BCUT2D eigenvalue weighted by Gasteiger charge is 2.17. The van der Waals surface area contributed by atoms with E-state index < -0.39 is 0 Å². The lowest BCUT2D eigenvalue weighted by Gasteiger charge is -2.15. The number of benzene rings is 1. The van der Waals surface area contributed by atoms with Crippen LogP contribution in [0.1, 0.15) is 24.8 Å². The Morgan fingerprint density at radius 3 is 2.82 bits per heavy atom. The van der Waals surface area contributed by atoms with Gasteiger partial charge in [-0.3, -0.25) is 4.79 Å². The molecule has 1 N–H and O–H groups in total. The minimum Gasteiger partial charge on any atom is -0.508 e. The van der Waals surface area contributed by atoms with Gasteiger partial charge in [0, 0.05) is 13.0 Å². The molecule has 0 amide bonds. The van der Waals surface area contributed by atoms with Gasteiger partial charge < -0.3 is 14.6 Å². The van der Waals surface area contributed by atoms with Crippen molar-refractivity contribution in [1.82, 2.24) is 0 Å². The first-order chi connectivity index (χ1) is 8.17. The summed E-state index contributed by atoms with van der Waals surface area (Å²) in [7, 11) is 1.58. The molecule has 94 valence electrons. The van der Waals surface area contributed by atoms with Gasteiger partial charge in [-0.25, -0.2) is 0 Å². The van der Waals surface area contributed by atoms with Crippen LogP contribution in [0.5, 0.6) is 5.75 Å². The first kappa shape index (κ1) is 13.5. The van der Waals surface area contributed by atoms with Crippen molar-refractivity contribution in [2.24, 2.45) is 0 Å². The second kappa shape index (κ2) is 6.91. The van der Waals surface area contributed by atoms with Crippen molar-refractivity contribution in [3.8, 4) is 5.75 Å². The monoisotopic (exact) mass is 238 g/mol. The van der Waals surface area contributed by atoms with Crippen LogP contribution in [0.4, 0.5) is 0 Å². The standard InChI is InChI=1S/C13H18O4/c1-3-17-13(15)8-11(9-16-2)10-5-4-6-12(14)7-10/h4-7,11,14H,3,8-9H2,1-2H3/t11-/m1/s1. The van der Waals surface area contributed by atoms with Crippen LogP contribution in [-0.2, 0) is 14.3 Å². The normalized spacial score (nSPS) is 12.1. The molecule has 0 saturated heterocycles. The summed E-state index contributed by atoms with van der Waals surface area (Å²) in [6.45, 7) is 2.57. The van der Waals surface area contributed by atoms with E-state index in [0.717, 1.165) is 5.56 Å². The zero-order chi connectivity index (χ0) is 12.7. The van der Waals surface area contributed by atoms with Gasteiger partial charge >= 0.3 is 5.97 Å². The van der Waals surface area contributed by atoms with E-state index >= 15 is 0 Å². The fourth-order valence-corrected chi connectivity index (χ4v) is 1.67. The van der Waals surface area contributed by atoms with E-state index in [-0.39, 0.29) is 24.1 Å². The van der Waals surface area contributed by atoms with Crippen LogP contribution in [0.2, 0.25) is 0 Å². The van der Waals surface area contributed by atoms with Gasteiger partial charge in [0.2, 0.25) is 0 Å². The van der Waals surface area contributed by atoms with Crippen molar-refractivity contribution >= 4 is 5.97 Å². The Kier molecular flexibility index (Phi) is 5.49. The maximum Gasteiger partial charge on any atom is 0.306 e. The highest BCUT2D eigenvalue weighted by molar-refractivity contribution is 5.70. The smallest absolute Gasteiger partial charge is 0.306 e. The molecule has 0 spiro atoms. The van der Waals surface area contributed by atoms with E-state index in [0.29, 0.717) is 13.2 Å². The Morgan fingerprint density at radius 1 is 1.47 bits per heavy atom. The van der Waals surface area contributed by atoms with Gasteiger partial charge in [-0.1, -0.05) is 12.1 Å². The molecule has 0 radical (unpaired) electrons. The molecule has 1 atom stereocenters. The van der Waals surface area contributed by atoms with E-state index in [2.05, 4.69) is 0 Å². The van der Waals surface area contributed by atoms with E-state index in [1.54, 1.807) is 32.2 Å². The zero-order valence-electron chi connectivity index (χ0n) is 10.2. The third-order valence-electron chi connectivity index (χ3n) is 2.43. The maximum atomic E-state index is 11.4. The van der Waals surface area contributed by atoms with Gasteiger partial charge in [0.25, 0.3) is 0 Å². The molecule has 1 aromatic carbocycles. The molecule has 0 aromatic heterocycles. The number of hydrogen-bond donors (Lipinski definition) is 1. The minimum absolute atomic E-state index is 0.0915. The maximum absolute atomic E-state index is 11.4. The van der Waals surface area contributed by atoms with Crippen LogP contribution >= 0.6 is 0 Å². The third-order valence-corrected chi connectivity index (χ3v) is 2.43. The highest BCUT2D eigenvalue weighted by Crippen LogP contribution is 2.23. The Morgan fingerprint density at radius 2 is 2.24 bits per heavy atom. The number of carbonyl (C=O) groups is 1. The number of ether oxygens (including phenoxy) is 2. The number of rotatable bonds is 6. The Balaban J connectivity index is 2.74. The molecule has 0 heterocycles. The average molecular weight is 238 g/mol. The molecule has 1 aromatic rings. The van der Waals surface area contributed by atoms with Gasteiger partial charge in [0.1, 0.15) is 5.75 Å². The minimum atomic E-state index is -0.252. The number of phenols is 1. The average Bonchev–Trinajstić information content (AvgIpc) is 2.29. The highest BCUT2D eigenvalue weighted by atomic mass is 16.5. The summed E-state index contributed by atoms with van der Waals surface area (Å²) in [4.78, 5) is 11.4. The van der Waals surface area contributed by atoms with E-state index in [4.69, 9.17) is 9.47 Å². The molecule has 0 unspecified atom stereocenters. The van der Waals surface area contributed by atoms with Crippen molar-refractivity contribution in [2.75, 3.05) is 20.3 Å². The molecule has 0 aliphatic carbocycles. The van der Waals surface area contributed by atoms with Crippen molar-refractivity contribution in [2.45, 2.75) is 19.3 Å². The van der Waals surface area contributed by atoms with Crippen LogP contribution in [0, 0.1) is 0 Å². The first-order valence-electron chi connectivity index (χ1n) is 5.60. The summed E-state index contributed by atoms with van der Waals surface area (Å²) in [5.74, 6) is -0.156. The quantitative estimate of drug-likeness (QED) is 0.771. The Bertz CT molecular complexity index is 362. The number of carbonyl (C=O) groups excluding carboxylic acids is 1. The van der Waals surface area contributed by atoms with Crippen molar-refractivity contribution in [3.63, 3.8) is 0 Å². The van der Waals surface area contributed by atoms with Crippen LogP contribution in [-0.4, -0.2) is 31.4 Å². The number of phenolic OH excluding ortho intramolecular Hbond substituents is 1. The van der Waals surface area contributed by atoms with E-state index in [9.17, 15) is 9.90 Å².